The van der Waals surface area contributed by atoms with Gasteiger partial charge in [0, 0.05) is 13.6 Å². The van der Waals surface area contributed by atoms with Crippen LogP contribution in [0.4, 0.5) is 0 Å². The highest BCUT2D eigenvalue weighted by Crippen LogP contribution is 2.18. The number of aromatic nitrogens is 2. The first-order valence-corrected chi connectivity index (χ1v) is 7.97. The minimum atomic E-state index is -0.0769. The van der Waals surface area contributed by atoms with E-state index in [9.17, 15) is 4.79 Å². The molecule has 0 aliphatic heterocycles. The molecule has 1 aromatic carbocycles. The zero-order valence-corrected chi connectivity index (χ0v) is 14.3. The SMILES string of the molecule is COc1ccccc1CCCNC(=O)c1cc(C(C)C)nn1C. The van der Waals surface area contributed by atoms with Gasteiger partial charge in [-0.3, -0.25) is 9.48 Å². The molecule has 124 valence electrons. The molecule has 0 fully saturated rings. The van der Waals surface area contributed by atoms with Crippen molar-refractivity contribution in [2.45, 2.75) is 32.6 Å². The first-order valence-electron chi connectivity index (χ1n) is 7.97. The van der Waals surface area contributed by atoms with E-state index in [0.717, 1.165) is 29.8 Å². The van der Waals surface area contributed by atoms with Crippen LogP contribution in [0.25, 0.3) is 0 Å². The highest BCUT2D eigenvalue weighted by molar-refractivity contribution is 5.92. The number of para-hydroxylation sites is 1. The van der Waals surface area contributed by atoms with Crippen molar-refractivity contribution in [3.63, 3.8) is 0 Å². The molecule has 1 N–H and O–H groups in total. The topological polar surface area (TPSA) is 56.1 Å². The van der Waals surface area contributed by atoms with E-state index in [0.29, 0.717) is 18.2 Å². The second kappa shape index (κ2) is 7.81. The Morgan fingerprint density at radius 3 is 2.74 bits per heavy atom. The fourth-order valence-electron chi connectivity index (χ4n) is 2.46. The molecule has 0 unspecified atom stereocenters. The molecule has 0 radical (unpaired) electrons. The third-order valence-corrected chi connectivity index (χ3v) is 3.82. The van der Waals surface area contributed by atoms with Crippen molar-refractivity contribution in [2.24, 2.45) is 7.05 Å². The van der Waals surface area contributed by atoms with E-state index in [4.69, 9.17) is 4.74 Å². The van der Waals surface area contributed by atoms with Crippen molar-refractivity contribution < 1.29 is 9.53 Å². The highest BCUT2D eigenvalue weighted by Gasteiger charge is 2.14. The van der Waals surface area contributed by atoms with E-state index in [2.05, 4.69) is 30.3 Å². The van der Waals surface area contributed by atoms with Crippen LogP contribution in [0.5, 0.6) is 5.75 Å². The van der Waals surface area contributed by atoms with Crippen molar-refractivity contribution >= 4 is 5.91 Å². The van der Waals surface area contributed by atoms with Gasteiger partial charge in [-0.2, -0.15) is 5.10 Å². The van der Waals surface area contributed by atoms with Crippen LogP contribution >= 0.6 is 0 Å². The summed E-state index contributed by atoms with van der Waals surface area (Å²) in [6, 6.07) is 9.83. The molecule has 0 bridgehead atoms. The number of carbonyl (C=O) groups excluding carboxylic acids is 1. The zero-order chi connectivity index (χ0) is 16.8. The van der Waals surface area contributed by atoms with Gasteiger partial charge in [-0.25, -0.2) is 0 Å². The minimum absolute atomic E-state index is 0.0769. The maximum Gasteiger partial charge on any atom is 0.269 e. The molecule has 0 saturated carbocycles. The summed E-state index contributed by atoms with van der Waals surface area (Å²) in [5.41, 5.74) is 2.70. The summed E-state index contributed by atoms with van der Waals surface area (Å²) >= 11 is 0. The second-order valence-electron chi connectivity index (χ2n) is 5.90. The molecular formula is C18H25N3O2. The van der Waals surface area contributed by atoms with Crippen LogP contribution in [0.1, 0.15) is 47.9 Å². The Kier molecular flexibility index (Phi) is 5.79. The van der Waals surface area contributed by atoms with Crippen LogP contribution < -0.4 is 10.1 Å². The quantitative estimate of drug-likeness (QED) is 0.799. The lowest BCUT2D eigenvalue weighted by Crippen LogP contribution is -2.26. The summed E-state index contributed by atoms with van der Waals surface area (Å²) in [5.74, 6) is 1.13. The lowest BCUT2D eigenvalue weighted by atomic mass is 10.1. The molecule has 1 heterocycles. The summed E-state index contributed by atoms with van der Waals surface area (Å²) < 4.78 is 6.98. The number of ether oxygens (including phenoxy) is 1. The van der Waals surface area contributed by atoms with Crippen LogP contribution in [0.15, 0.2) is 30.3 Å². The van der Waals surface area contributed by atoms with E-state index < -0.39 is 0 Å². The largest absolute Gasteiger partial charge is 0.496 e. The third kappa shape index (κ3) is 4.34. The summed E-state index contributed by atoms with van der Waals surface area (Å²) in [4.78, 5) is 12.2. The zero-order valence-electron chi connectivity index (χ0n) is 14.3. The third-order valence-electron chi connectivity index (χ3n) is 3.82. The Morgan fingerprint density at radius 2 is 2.09 bits per heavy atom. The predicted octanol–water partition coefficient (Wildman–Crippen LogP) is 2.91. The Bertz CT molecular complexity index is 662. The van der Waals surface area contributed by atoms with Crippen LogP contribution in [0.2, 0.25) is 0 Å². The van der Waals surface area contributed by atoms with Crippen LogP contribution in [-0.2, 0) is 13.5 Å². The molecule has 0 spiro atoms. The van der Waals surface area contributed by atoms with Gasteiger partial charge in [0.1, 0.15) is 11.4 Å². The number of methoxy groups -OCH3 is 1. The van der Waals surface area contributed by atoms with Gasteiger partial charge >= 0.3 is 0 Å². The summed E-state index contributed by atoms with van der Waals surface area (Å²) in [6.45, 7) is 4.76. The molecule has 0 aliphatic rings. The summed E-state index contributed by atoms with van der Waals surface area (Å²) in [7, 11) is 3.48. The average molecular weight is 315 g/mol. The number of nitrogens with zero attached hydrogens (tertiary/aromatic N) is 2. The number of aryl methyl sites for hydroxylation is 2. The van der Waals surface area contributed by atoms with E-state index in [1.807, 2.05) is 24.3 Å². The molecule has 5 heteroatoms. The van der Waals surface area contributed by atoms with Gasteiger partial charge in [0.15, 0.2) is 0 Å². The first kappa shape index (κ1) is 17.1. The number of benzene rings is 1. The minimum Gasteiger partial charge on any atom is -0.496 e. The Morgan fingerprint density at radius 1 is 1.35 bits per heavy atom. The van der Waals surface area contributed by atoms with Gasteiger partial charge in [-0.15, -0.1) is 0 Å². The molecule has 1 amide bonds. The van der Waals surface area contributed by atoms with Gasteiger partial charge < -0.3 is 10.1 Å². The average Bonchev–Trinajstić information content (AvgIpc) is 2.94. The van der Waals surface area contributed by atoms with Crippen molar-refractivity contribution in [3.05, 3.63) is 47.3 Å². The maximum atomic E-state index is 12.2. The molecule has 0 atom stereocenters. The number of rotatable bonds is 7. The lowest BCUT2D eigenvalue weighted by Gasteiger charge is -2.08. The van der Waals surface area contributed by atoms with Crippen molar-refractivity contribution in [3.8, 4) is 5.75 Å². The first-order chi connectivity index (χ1) is 11.0. The van der Waals surface area contributed by atoms with Crippen LogP contribution in [0.3, 0.4) is 0 Å². The van der Waals surface area contributed by atoms with Crippen molar-refractivity contribution in [1.29, 1.82) is 0 Å². The Hall–Kier alpha value is -2.30. The Balaban J connectivity index is 1.85. The van der Waals surface area contributed by atoms with E-state index in [1.54, 1.807) is 18.8 Å². The smallest absolute Gasteiger partial charge is 0.269 e. The van der Waals surface area contributed by atoms with Gasteiger partial charge in [-0.05, 0) is 36.5 Å². The van der Waals surface area contributed by atoms with Crippen LogP contribution in [-0.4, -0.2) is 29.3 Å². The molecule has 2 aromatic rings. The molecule has 0 saturated heterocycles. The molecule has 23 heavy (non-hydrogen) atoms. The number of hydrogen-bond donors (Lipinski definition) is 1. The van der Waals surface area contributed by atoms with E-state index in [1.165, 1.54) is 0 Å². The fourth-order valence-corrected chi connectivity index (χ4v) is 2.46. The highest BCUT2D eigenvalue weighted by atomic mass is 16.5. The fraction of sp³-hybridized carbons (Fsp3) is 0.444. The number of amides is 1. The number of nitrogens with one attached hydrogen (secondary N) is 1. The van der Waals surface area contributed by atoms with Gasteiger partial charge in [0.2, 0.25) is 0 Å². The summed E-state index contributed by atoms with van der Waals surface area (Å²) in [6.07, 6.45) is 1.73. The second-order valence-corrected chi connectivity index (χ2v) is 5.90. The lowest BCUT2D eigenvalue weighted by molar-refractivity contribution is 0.0944. The van der Waals surface area contributed by atoms with Crippen molar-refractivity contribution in [1.82, 2.24) is 15.1 Å². The molecule has 1 aromatic heterocycles. The van der Waals surface area contributed by atoms with E-state index in [-0.39, 0.29) is 5.91 Å². The van der Waals surface area contributed by atoms with Crippen molar-refractivity contribution in [2.75, 3.05) is 13.7 Å². The van der Waals surface area contributed by atoms with Crippen LogP contribution in [0, 0.1) is 0 Å². The number of hydrogen-bond acceptors (Lipinski definition) is 3. The van der Waals surface area contributed by atoms with Gasteiger partial charge in [0.05, 0.1) is 12.8 Å². The molecular weight excluding hydrogens is 290 g/mol. The van der Waals surface area contributed by atoms with Gasteiger partial charge in [0.25, 0.3) is 5.91 Å². The van der Waals surface area contributed by atoms with Gasteiger partial charge in [-0.1, -0.05) is 32.0 Å². The Labute approximate surface area is 137 Å². The maximum absolute atomic E-state index is 12.2. The molecule has 5 nitrogen and oxygen atoms in total. The van der Waals surface area contributed by atoms with E-state index >= 15 is 0 Å². The normalized spacial score (nSPS) is 10.8. The number of carbonyl (C=O) groups is 1. The molecule has 2 rings (SSSR count). The standard InChI is InChI=1S/C18H25N3O2/c1-13(2)15-12-16(21(3)20-15)18(22)19-11-7-9-14-8-5-6-10-17(14)23-4/h5-6,8,10,12-13H,7,9,11H2,1-4H3,(H,19,22). The summed E-state index contributed by atoms with van der Waals surface area (Å²) in [5, 5.41) is 7.33. The predicted molar refractivity (Wildman–Crippen MR) is 90.9 cm³/mol. The monoisotopic (exact) mass is 315 g/mol. The molecule has 0 aliphatic carbocycles.